The Bertz CT molecular complexity index is 370. The van der Waals surface area contributed by atoms with Crippen LogP contribution in [0.1, 0.15) is 19.8 Å². The molecule has 1 aromatic heterocycles. The van der Waals surface area contributed by atoms with Crippen LogP contribution in [0.4, 0.5) is 5.82 Å². The third kappa shape index (κ3) is 3.68. The lowest BCUT2D eigenvalue weighted by molar-refractivity contribution is -0.389. The van der Waals surface area contributed by atoms with Gasteiger partial charge < -0.3 is 10.1 Å². The van der Waals surface area contributed by atoms with Gasteiger partial charge in [0.15, 0.2) is 5.02 Å². The fourth-order valence-electron chi connectivity index (χ4n) is 1.34. The van der Waals surface area contributed by atoms with E-state index >= 15 is 0 Å². The van der Waals surface area contributed by atoms with E-state index < -0.39 is 4.92 Å². The van der Waals surface area contributed by atoms with Gasteiger partial charge in [-0.3, -0.25) is 0 Å². The van der Waals surface area contributed by atoms with Crippen molar-refractivity contribution in [1.29, 1.82) is 0 Å². The van der Waals surface area contributed by atoms with E-state index in [1.165, 1.54) is 10.9 Å². The molecule has 1 atom stereocenters. The van der Waals surface area contributed by atoms with E-state index in [0.717, 1.165) is 18.6 Å². The Morgan fingerprint density at radius 1 is 1.69 bits per heavy atom. The number of hydrogen-bond donors (Lipinski definition) is 1. The maximum atomic E-state index is 10.5. The largest absolute Gasteiger partial charge is 0.408 e. The zero-order valence-electron chi connectivity index (χ0n) is 8.97. The van der Waals surface area contributed by atoms with E-state index in [1.54, 1.807) is 0 Å². The maximum absolute atomic E-state index is 10.5. The summed E-state index contributed by atoms with van der Waals surface area (Å²) in [6.07, 6.45) is 3.43. The summed E-state index contributed by atoms with van der Waals surface area (Å²) in [7, 11) is 0. The summed E-state index contributed by atoms with van der Waals surface area (Å²) >= 11 is 9.83. The summed E-state index contributed by atoms with van der Waals surface area (Å²) < 4.78 is 1.52. The molecule has 1 aromatic rings. The molecule has 0 fully saturated rings. The molecule has 0 aliphatic rings. The van der Waals surface area contributed by atoms with Gasteiger partial charge in [0.2, 0.25) is 0 Å². The van der Waals surface area contributed by atoms with Crippen LogP contribution in [0.3, 0.4) is 0 Å². The quantitative estimate of drug-likeness (QED) is 0.488. The van der Waals surface area contributed by atoms with Crippen LogP contribution in [0.15, 0.2) is 6.20 Å². The van der Waals surface area contributed by atoms with Crippen LogP contribution in [0.25, 0.3) is 0 Å². The van der Waals surface area contributed by atoms with Crippen molar-refractivity contribution in [2.24, 2.45) is 5.92 Å². The minimum absolute atomic E-state index is 0.0897. The second-order valence-corrected chi connectivity index (χ2v) is 4.58. The standard InChI is InChI=1S/C9H14ClN3O2S/c1-7(3-5-16)2-4-12-6-8(10)9(11-12)13(14)15/h6-7,16H,2-5H2,1H3. The Labute approximate surface area is 104 Å². The Morgan fingerprint density at radius 2 is 2.38 bits per heavy atom. The highest BCUT2D eigenvalue weighted by atomic mass is 35.5. The van der Waals surface area contributed by atoms with Gasteiger partial charge in [0.1, 0.15) is 0 Å². The Kier molecular flexibility index (Phi) is 5.08. The molecule has 0 aromatic carbocycles. The van der Waals surface area contributed by atoms with E-state index in [0.29, 0.717) is 12.5 Å². The molecular formula is C9H14ClN3O2S. The Morgan fingerprint density at radius 3 is 2.88 bits per heavy atom. The summed E-state index contributed by atoms with van der Waals surface area (Å²) in [5.41, 5.74) is 0. The second kappa shape index (κ2) is 6.10. The smallest absolute Gasteiger partial charge is 0.358 e. The fourth-order valence-corrected chi connectivity index (χ4v) is 2.00. The lowest BCUT2D eigenvalue weighted by Crippen LogP contribution is -2.05. The average molecular weight is 264 g/mol. The highest BCUT2D eigenvalue weighted by Crippen LogP contribution is 2.21. The van der Waals surface area contributed by atoms with Gasteiger partial charge in [-0.15, -0.1) is 0 Å². The summed E-state index contributed by atoms with van der Waals surface area (Å²) in [6, 6.07) is 0. The number of thiol groups is 1. The van der Waals surface area contributed by atoms with E-state index in [-0.39, 0.29) is 10.8 Å². The van der Waals surface area contributed by atoms with Crippen molar-refractivity contribution in [2.45, 2.75) is 26.3 Å². The minimum atomic E-state index is -0.573. The second-order valence-electron chi connectivity index (χ2n) is 3.73. The van der Waals surface area contributed by atoms with Gasteiger partial charge in [0.05, 0.1) is 17.8 Å². The summed E-state index contributed by atoms with van der Waals surface area (Å²) in [4.78, 5) is 9.94. The van der Waals surface area contributed by atoms with Crippen LogP contribution in [-0.2, 0) is 6.54 Å². The van der Waals surface area contributed by atoms with Gasteiger partial charge in [0, 0.05) is 0 Å². The summed E-state index contributed by atoms with van der Waals surface area (Å²) in [5, 5.41) is 14.4. The predicted octanol–water partition coefficient (Wildman–Crippen LogP) is 2.79. The van der Waals surface area contributed by atoms with Gasteiger partial charge in [-0.2, -0.15) is 17.3 Å². The molecule has 90 valence electrons. The minimum Gasteiger partial charge on any atom is -0.358 e. The van der Waals surface area contributed by atoms with Crippen molar-refractivity contribution in [3.8, 4) is 0 Å². The van der Waals surface area contributed by atoms with E-state index in [9.17, 15) is 10.1 Å². The first-order chi connectivity index (χ1) is 7.54. The molecule has 0 saturated heterocycles. The van der Waals surface area contributed by atoms with Gasteiger partial charge in [0.25, 0.3) is 0 Å². The fraction of sp³-hybridized carbons (Fsp3) is 0.667. The van der Waals surface area contributed by atoms with Crippen molar-refractivity contribution >= 4 is 30.0 Å². The predicted molar refractivity (Wildman–Crippen MR) is 66.1 cm³/mol. The molecule has 0 spiro atoms. The first-order valence-corrected chi connectivity index (χ1v) is 6.03. The van der Waals surface area contributed by atoms with Crippen molar-refractivity contribution < 1.29 is 4.92 Å². The van der Waals surface area contributed by atoms with Crippen molar-refractivity contribution in [3.63, 3.8) is 0 Å². The molecule has 0 amide bonds. The molecule has 0 aliphatic carbocycles. The molecule has 0 saturated carbocycles. The molecule has 5 nitrogen and oxygen atoms in total. The summed E-state index contributed by atoms with van der Waals surface area (Å²) in [6.45, 7) is 2.76. The van der Waals surface area contributed by atoms with E-state index in [4.69, 9.17) is 11.6 Å². The van der Waals surface area contributed by atoms with Crippen LogP contribution in [0.5, 0.6) is 0 Å². The number of aryl methyl sites for hydroxylation is 1. The number of halogens is 1. The molecule has 0 bridgehead atoms. The van der Waals surface area contributed by atoms with Crippen LogP contribution in [0.2, 0.25) is 5.02 Å². The molecule has 1 rings (SSSR count). The zero-order valence-corrected chi connectivity index (χ0v) is 10.6. The lowest BCUT2D eigenvalue weighted by atomic mass is 10.1. The SMILES string of the molecule is CC(CCS)CCn1cc(Cl)c([N+](=O)[O-])n1. The Balaban J connectivity index is 2.55. The highest BCUT2D eigenvalue weighted by molar-refractivity contribution is 7.80. The monoisotopic (exact) mass is 263 g/mol. The van der Waals surface area contributed by atoms with Crippen molar-refractivity contribution in [3.05, 3.63) is 21.3 Å². The number of nitrogens with zero attached hydrogens (tertiary/aromatic N) is 3. The summed E-state index contributed by atoms with van der Waals surface area (Å²) in [5.74, 6) is 1.10. The molecule has 16 heavy (non-hydrogen) atoms. The molecular weight excluding hydrogens is 250 g/mol. The number of aromatic nitrogens is 2. The topological polar surface area (TPSA) is 61.0 Å². The van der Waals surface area contributed by atoms with Crippen LogP contribution in [0, 0.1) is 16.0 Å². The molecule has 1 heterocycles. The molecule has 0 radical (unpaired) electrons. The lowest BCUT2D eigenvalue weighted by Gasteiger charge is -2.07. The number of nitro groups is 1. The first kappa shape index (κ1) is 13.3. The third-order valence-corrected chi connectivity index (χ3v) is 2.87. The number of rotatable bonds is 6. The van der Waals surface area contributed by atoms with Crippen LogP contribution in [-0.4, -0.2) is 20.5 Å². The average Bonchev–Trinajstić information content (AvgIpc) is 2.57. The van der Waals surface area contributed by atoms with E-state index in [2.05, 4.69) is 24.7 Å². The zero-order chi connectivity index (χ0) is 12.1. The Hall–Kier alpha value is -0.750. The first-order valence-electron chi connectivity index (χ1n) is 5.02. The molecule has 1 unspecified atom stereocenters. The van der Waals surface area contributed by atoms with E-state index in [1.807, 2.05) is 0 Å². The highest BCUT2D eigenvalue weighted by Gasteiger charge is 2.18. The van der Waals surface area contributed by atoms with Crippen molar-refractivity contribution in [1.82, 2.24) is 9.78 Å². The van der Waals surface area contributed by atoms with Gasteiger partial charge in [-0.25, -0.2) is 0 Å². The van der Waals surface area contributed by atoms with Crippen LogP contribution >= 0.6 is 24.2 Å². The van der Waals surface area contributed by atoms with Crippen molar-refractivity contribution in [2.75, 3.05) is 5.75 Å². The molecule has 0 N–H and O–H groups in total. The van der Waals surface area contributed by atoms with Gasteiger partial charge in [-0.05, 0) is 29.4 Å². The van der Waals surface area contributed by atoms with Gasteiger partial charge in [-0.1, -0.05) is 18.5 Å². The third-order valence-electron chi connectivity index (χ3n) is 2.34. The molecule has 7 heteroatoms. The van der Waals surface area contributed by atoms with Crippen LogP contribution < -0.4 is 0 Å². The molecule has 0 aliphatic heterocycles. The maximum Gasteiger partial charge on any atom is 0.408 e. The number of hydrogen-bond acceptors (Lipinski definition) is 4. The normalized spacial score (nSPS) is 12.7. The van der Waals surface area contributed by atoms with Gasteiger partial charge >= 0.3 is 5.82 Å².